The fraction of sp³-hybridized carbons (Fsp3) is 0.500. The van der Waals surface area contributed by atoms with Crippen LogP contribution in [-0.2, 0) is 0 Å². The Hall–Kier alpha value is -4.98. The lowest BCUT2D eigenvalue weighted by molar-refractivity contribution is -0.385. The van der Waals surface area contributed by atoms with E-state index in [9.17, 15) is 30.3 Å². The van der Waals surface area contributed by atoms with E-state index in [1.807, 2.05) is 24.3 Å². The second-order valence-corrected chi connectivity index (χ2v) is 16.6. The number of nitrogens with two attached hydrogens (primary N) is 1. The number of hydrogen-bond acceptors (Lipinski definition) is 14. The second-order valence-electron chi connectivity index (χ2n) is 15.0. The molecule has 20 heteroatoms. The summed E-state index contributed by atoms with van der Waals surface area (Å²) in [5.41, 5.74) is 6.47. The molecule has 0 atom stereocenters. The Labute approximate surface area is 419 Å². The number of aliphatic hydroxyl groups excluding tert-OH is 1. The number of nitrogens with zero attached hydrogens (tertiary/aromatic N) is 5. The van der Waals surface area contributed by atoms with Crippen molar-refractivity contribution in [3.05, 3.63) is 127 Å². The van der Waals surface area contributed by atoms with Gasteiger partial charge in [0.05, 0.1) is 52.8 Å². The number of anilines is 1. The third kappa shape index (κ3) is 31.1. The van der Waals surface area contributed by atoms with Crippen LogP contribution in [-0.4, -0.2) is 118 Å². The summed E-state index contributed by atoms with van der Waals surface area (Å²) in [5, 5.41) is 48.4. The van der Waals surface area contributed by atoms with E-state index in [1.54, 1.807) is 31.2 Å². The fourth-order valence-electron chi connectivity index (χ4n) is 6.20. The van der Waals surface area contributed by atoms with Crippen LogP contribution in [0.3, 0.4) is 0 Å². The molecule has 68 heavy (non-hydrogen) atoms. The SMILES string of the molecule is CCO.ClCCCBr.Nc1cccc(OCCCN2CCCCC2)c1.O=[N+]([O-])c1cccc(O)c1.O=[N+]([O-])c1cccc(OCCCCl)c1.O=[N+]([O-])c1cccc(OCCCN2CCCCC2)c1. The van der Waals surface area contributed by atoms with Gasteiger partial charge < -0.3 is 40.0 Å². The van der Waals surface area contributed by atoms with E-state index in [1.165, 1.54) is 107 Å². The molecule has 0 saturated carbocycles. The molecule has 17 nitrogen and oxygen atoms in total. The van der Waals surface area contributed by atoms with Crippen LogP contribution in [0.2, 0.25) is 0 Å². The zero-order chi connectivity index (χ0) is 50.2. The lowest BCUT2D eigenvalue weighted by Gasteiger charge is -2.26. The van der Waals surface area contributed by atoms with Crippen molar-refractivity contribution < 1.29 is 39.2 Å². The van der Waals surface area contributed by atoms with E-state index >= 15 is 0 Å². The molecule has 6 rings (SSSR count). The average molecular weight is 1060 g/mol. The summed E-state index contributed by atoms with van der Waals surface area (Å²) in [5.74, 6) is 3.16. The first-order valence-electron chi connectivity index (χ1n) is 22.8. The number of alkyl halides is 3. The number of likely N-dealkylation sites (tertiary alicyclic amines) is 2. The molecule has 2 saturated heterocycles. The number of ether oxygens (including phenoxy) is 3. The van der Waals surface area contributed by atoms with Crippen molar-refractivity contribution in [2.45, 2.75) is 71.1 Å². The number of aliphatic hydroxyl groups is 1. The van der Waals surface area contributed by atoms with Crippen molar-refractivity contribution in [1.82, 2.24) is 9.80 Å². The van der Waals surface area contributed by atoms with E-state index in [2.05, 4.69) is 25.7 Å². The Morgan fingerprint density at radius 2 is 0.956 bits per heavy atom. The van der Waals surface area contributed by atoms with Crippen molar-refractivity contribution in [3.63, 3.8) is 0 Å². The third-order valence-electron chi connectivity index (χ3n) is 9.44. The molecule has 0 unspecified atom stereocenters. The van der Waals surface area contributed by atoms with Crippen molar-refractivity contribution in [1.29, 1.82) is 0 Å². The van der Waals surface area contributed by atoms with Gasteiger partial charge in [0.15, 0.2) is 0 Å². The molecule has 2 fully saturated rings. The number of phenols is 1. The zero-order valence-corrected chi connectivity index (χ0v) is 42.1. The van der Waals surface area contributed by atoms with Gasteiger partial charge in [-0.3, -0.25) is 30.3 Å². The predicted octanol–water partition coefficient (Wildman–Crippen LogP) is 11.3. The fourth-order valence-corrected chi connectivity index (χ4v) is 7.05. The van der Waals surface area contributed by atoms with Gasteiger partial charge in [-0.2, -0.15) is 0 Å². The third-order valence-corrected chi connectivity index (χ3v) is 10.5. The second kappa shape index (κ2) is 40.0. The Bertz CT molecular complexity index is 1940. The van der Waals surface area contributed by atoms with E-state index in [0.717, 1.165) is 74.1 Å². The van der Waals surface area contributed by atoms with Gasteiger partial charge in [-0.25, -0.2) is 0 Å². The first-order chi connectivity index (χ1) is 32.9. The maximum Gasteiger partial charge on any atom is 0.273 e. The van der Waals surface area contributed by atoms with E-state index in [0.29, 0.717) is 30.6 Å². The number of nitrogen functional groups attached to an aromatic ring is 1. The van der Waals surface area contributed by atoms with E-state index in [4.69, 9.17) is 53.4 Å². The summed E-state index contributed by atoms with van der Waals surface area (Å²) >= 11 is 14.0. The van der Waals surface area contributed by atoms with Crippen molar-refractivity contribution in [3.8, 4) is 23.0 Å². The molecule has 0 aliphatic carbocycles. The van der Waals surface area contributed by atoms with Crippen LogP contribution >= 0.6 is 39.1 Å². The van der Waals surface area contributed by atoms with Gasteiger partial charge in [-0.1, -0.05) is 53.0 Å². The van der Waals surface area contributed by atoms with Gasteiger partial charge in [-0.05, 0) is 115 Å². The van der Waals surface area contributed by atoms with Crippen LogP contribution in [0.25, 0.3) is 0 Å². The molecule has 4 N–H and O–H groups in total. The zero-order valence-electron chi connectivity index (χ0n) is 39.0. The lowest BCUT2D eigenvalue weighted by atomic mass is 10.1. The van der Waals surface area contributed by atoms with Crippen LogP contribution in [0.4, 0.5) is 22.7 Å². The largest absolute Gasteiger partial charge is 0.508 e. The molecule has 378 valence electrons. The molecule has 0 amide bonds. The smallest absolute Gasteiger partial charge is 0.273 e. The highest BCUT2D eigenvalue weighted by atomic mass is 79.9. The minimum Gasteiger partial charge on any atom is -0.508 e. The maximum absolute atomic E-state index is 10.6. The molecule has 0 aromatic heterocycles. The normalized spacial score (nSPS) is 13.0. The molecule has 2 aliphatic rings. The maximum atomic E-state index is 10.6. The van der Waals surface area contributed by atoms with Crippen LogP contribution in [0.15, 0.2) is 97.1 Å². The number of hydrogen-bond donors (Lipinski definition) is 3. The highest BCUT2D eigenvalue weighted by Gasteiger charge is 2.11. The highest BCUT2D eigenvalue weighted by Crippen LogP contribution is 2.21. The van der Waals surface area contributed by atoms with Crippen LogP contribution in [0.1, 0.15) is 71.1 Å². The summed E-state index contributed by atoms with van der Waals surface area (Å²) in [4.78, 5) is 34.7. The number of non-ortho nitro benzene ring substituents is 3. The molecule has 0 radical (unpaired) electrons. The van der Waals surface area contributed by atoms with Gasteiger partial charge in [0, 0.05) is 66.7 Å². The number of piperidine rings is 2. The monoisotopic (exact) mass is 1050 g/mol. The Balaban J connectivity index is 0.000000438. The quantitative estimate of drug-likeness (QED) is 0.0261. The van der Waals surface area contributed by atoms with Crippen LogP contribution in [0.5, 0.6) is 23.0 Å². The van der Waals surface area contributed by atoms with Gasteiger partial charge in [0.1, 0.15) is 23.0 Å². The number of halogens is 3. The summed E-state index contributed by atoms with van der Waals surface area (Å²) in [6, 6.07) is 25.3. The number of nitro benzene ring substituents is 3. The van der Waals surface area contributed by atoms with Crippen molar-refractivity contribution >= 4 is 61.9 Å². The number of phenolic OH excluding ortho intramolecular Hbond substituents is 1. The number of rotatable bonds is 19. The van der Waals surface area contributed by atoms with Gasteiger partial charge in [0.25, 0.3) is 17.1 Å². The standard InChI is InChI=1S/C14H20N2O3.C14H22N2O.C9H10ClNO3.C6H5NO3.C3H6BrCl.C2H6O/c17-16(18)13-6-4-7-14(12-13)19-11-5-10-15-8-2-1-3-9-15;15-13-6-4-7-14(12-13)17-11-5-10-16-8-2-1-3-9-16;10-5-2-6-14-9-4-1-3-8(7-9)11(12)13;8-6-3-1-2-5(4-6)7(9)10;4-2-1-3-5;1-2-3/h4,6-7,12H,1-3,5,8-11H2;4,6-7,12H,1-3,5,8-11,15H2;1,3-4,7H,2,5-6H2;1-4,8H;1-3H2;3H,2H2,1H3. The predicted molar refractivity (Wildman–Crippen MR) is 275 cm³/mol. The lowest BCUT2D eigenvalue weighted by Crippen LogP contribution is -2.31. The summed E-state index contributed by atoms with van der Waals surface area (Å²) in [6.45, 7) is 10.9. The molecule has 4 aromatic rings. The van der Waals surface area contributed by atoms with Crippen LogP contribution in [0, 0.1) is 30.3 Å². The van der Waals surface area contributed by atoms with E-state index in [-0.39, 0.29) is 29.4 Å². The number of aromatic hydroxyl groups is 1. The Morgan fingerprint density at radius 1 is 0.588 bits per heavy atom. The molecule has 2 heterocycles. The summed E-state index contributed by atoms with van der Waals surface area (Å²) in [6.07, 6.45) is 11.9. The number of nitro groups is 3. The highest BCUT2D eigenvalue weighted by molar-refractivity contribution is 9.09. The first kappa shape index (κ1) is 61.0. The molecular weight excluding hydrogens is 987 g/mol. The molecule has 0 bridgehead atoms. The van der Waals surface area contributed by atoms with Gasteiger partial charge >= 0.3 is 0 Å². The first-order valence-corrected chi connectivity index (χ1v) is 25.0. The van der Waals surface area contributed by atoms with Gasteiger partial charge in [0.2, 0.25) is 0 Å². The van der Waals surface area contributed by atoms with E-state index < -0.39 is 14.8 Å². The molecule has 4 aromatic carbocycles. The average Bonchev–Trinajstić information content (AvgIpc) is 3.34. The van der Waals surface area contributed by atoms with Crippen LogP contribution < -0.4 is 19.9 Å². The molecular formula is C48H69BrCl2N6O11. The van der Waals surface area contributed by atoms with Gasteiger partial charge in [-0.15, -0.1) is 23.2 Å². The van der Waals surface area contributed by atoms with Crippen molar-refractivity contribution in [2.75, 3.05) is 88.5 Å². The Kier molecular flexibility index (Phi) is 35.9. The summed E-state index contributed by atoms with van der Waals surface area (Å²) < 4.78 is 16.5. The minimum atomic E-state index is -0.556. The Morgan fingerprint density at radius 3 is 1.29 bits per heavy atom. The molecule has 2 aliphatic heterocycles. The summed E-state index contributed by atoms with van der Waals surface area (Å²) in [7, 11) is 0. The number of benzene rings is 4. The van der Waals surface area contributed by atoms with Crippen molar-refractivity contribution in [2.24, 2.45) is 0 Å². The minimum absolute atomic E-state index is 0.0355. The molecule has 0 spiro atoms. The topological polar surface area (TPSA) is 230 Å².